The molecule has 0 aromatic heterocycles. The molecule has 116 valence electrons. The van der Waals surface area contributed by atoms with Crippen molar-refractivity contribution >= 4 is 17.7 Å². The van der Waals surface area contributed by atoms with E-state index in [4.69, 9.17) is 0 Å². The van der Waals surface area contributed by atoms with Gasteiger partial charge in [0.2, 0.25) is 5.91 Å². The lowest BCUT2D eigenvalue weighted by Crippen LogP contribution is -2.39. The number of carbonyl (C=O) groups excluding carboxylic acids is 1. The molecular formula is C18H22N2OS. The van der Waals surface area contributed by atoms with Gasteiger partial charge in [0.05, 0.1) is 0 Å². The molecule has 0 saturated carbocycles. The number of rotatable bonds is 7. The Morgan fingerprint density at radius 2 is 1.68 bits per heavy atom. The largest absolute Gasteiger partial charge is 0.291 e. The SMILES string of the molecule is CC(C)C(=O)NNCc1ccc(SCc2ccccc2)cc1. The summed E-state index contributed by atoms with van der Waals surface area (Å²) in [7, 11) is 0. The van der Waals surface area contributed by atoms with Crippen molar-refractivity contribution in [2.24, 2.45) is 5.92 Å². The topological polar surface area (TPSA) is 41.1 Å². The van der Waals surface area contributed by atoms with Gasteiger partial charge in [0, 0.05) is 23.1 Å². The number of carbonyl (C=O) groups is 1. The number of benzene rings is 2. The number of amides is 1. The maximum absolute atomic E-state index is 11.4. The minimum absolute atomic E-state index is 0.00929. The van der Waals surface area contributed by atoms with Gasteiger partial charge in [-0.3, -0.25) is 10.2 Å². The molecule has 0 aliphatic heterocycles. The second kappa shape index (κ2) is 8.61. The first kappa shape index (κ1) is 16.6. The van der Waals surface area contributed by atoms with E-state index >= 15 is 0 Å². The van der Waals surface area contributed by atoms with Crippen molar-refractivity contribution in [3.63, 3.8) is 0 Å². The standard InChI is InChI=1S/C18H22N2OS/c1-14(2)18(21)20-19-12-15-8-10-17(11-9-15)22-13-16-6-4-3-5-7-16/h3-11,14,19H,12-13H2,1-2H3,(H,20,21). The predicted octanol–water partition coefficient (Wildman–Crippen LogP) is 3.76. The monoisotopic (exact) mass is 314 g/mol. The summed E-state index contributed by atoms with van der Waals surface area (Å²) in [4.78, 5) is 12.7. The van der Waals surface area contributed by atoms with Crippen LogP contribution >= 0.6 is 11.8 Å². The molecule has 0 heterocycles. The molecule has 0 fully saturated rings. The minimum atomic E-state index is -0.00994. The zero-order chi connectivity index (χ0) is 15.8. The van der Waals surface area contributed by atoms with Gasteiger partial charge in [0.25, 0.3) is 0 Å². The highest BCUT2D eigenvalue weighted by molar-refractivity contribution is 7.98. The first-order valence-corrected chi connectivity index (χ1v) is 8.42. The van der Waals surface area contributed by atoms with E-state index in [1.165, 1.54) is 10.5 Å². The van der Waals surface area contributed by atoms with Crippen LogP contribution in [0.2, 0.25) is 0 Å². The summed E-state index contributed by atoms with van der Waals surface area (Å²) in [5.74, 6) is 0.974. The number of hydrogen-bond donors (Lipinski definition) is 2. The molecule has 3 nitrogen and oxygen atoms in total. The molecule has 0 radical (unpaired) electrons. The molecule has 0 atom stereocenters. The molecule has 2 aromatic carbocycles. The Hall–Kier alpha value is -1.78. The Bertz CT molecular complexity index is 582. The summed E-state index contributed by atoms with van der Waals surface area (Å²) in [6.07, 6.45) is 0. The van der Waals surface area contributed by atoms with Crippen molar-refractivity contribution in [2.75, 3.05) is 0 Å². The summed E-state index contributed by atoms with van der Waals surface area (Å²) >= 11 is 1.82. The van der Waals surface area contributed by atoms with Gasteiger partial charge in [-0.25, -0.2) is 5.43 Å². The van der Waals surface area contributed by atoms with Crippen LogP contribution in [0.5, 0.6) is 0 Å². The average Bonchev–Trinajstić information content (AvgIpc) is 2.55. The van der Waals surface area contributed by atoms with Gasteiger partial charge in [-0.15, -0.1) is 11.8 Å². The molecule has 0 bridgehead atoms. The summed E-state index contributed by atoms with van der Waals surface area (Å²) in [6.45, 7) is 4.37. The molecule has 22 heavy (non-hydrogen) atoms. The van der Waals surface area contributed by atoms with E-state index in [9.17, 15) is 4.79 Å². The smallest absolute Gasteiger partial charge is 0.236 e. The summed E-state index contributed by atoms with van der Waals surface area (Å²) in [5.41, 5.74) is 8.13. The number of thioether (sulfide) groups is 1. The van der Waals surface area contributed by atoms with Crippen molar-refractivity contribution in [3.05, 3.63) is 65.7 Å². The van der Waals surface area contributed by atoms with E-state index in [2.05, 4.69) is 59.4 Å². The van der Waals surface area contributed by atoms with Crippen molar-refractivity contribution in [1.29, 1.82) is 0 Å². The lowest BCUT2D eigenvalue weighted by atomic mass is 10.2. The third-order valence-corrected chi connectivity index (χ3v) is 4.28. The number of hydrazine groups is 1. The van der Waals surface area contributed by atoms with E-state index in [0.717, 1.165) is 11.3 Å². The zero-order valence-electron chi connectivity index (χ0n) is 13.0. The molecule has 0 spiro atoms. The van der Waals surface area contributed by atoms with E-state index in [1.807, 2.05) is 31.7 Å². The maximum Gasteiger partial charge on any atom is 0.236 e. The van der Waals surface area contributed by atoms with Crippen molar-refractivity contribution in [3.8, 4) is 0 Å². The third-order valence-electron chi connectivity index (χ3n) is 3.20. The molecular weight excluding hydrogens is 292 g/mol. The Morgan fingerprint density at radius 3 is 2.32 bits per heavy atom. The Kier molecular flexibility index (Phi) is 6.49. The fourth-order valence-corrected chi connectivity index (χ4v) is 2.68. The molecule has 2 aromatic rings. The molecule has 2 N–H and O–H groups in total. The number of hydrogen-bond acceptors (Lipinski definition) is 3. The van der Waals surface area contributed by atoms with Gasteiger partial charge in [-0.05, 0) is 23.3 Å². The van der Waals surface area contributed by atoms with Gasteiger partial charge in [-0.1, -0.05) is 56.3 Å². The van der Waals surface area contributed by atoms with Crippen molar-refractivity contribution in [1.82, 2.24) is 10.9 Å². The first-order valence-electron chi connectivity index (χ1n) is 7.43. The van der Waals surface area contributed by atoms with Gasteiger partial charge in [0.1, 0.15) is 0 Å². The van der Waals surface area contributed by atoms with Crippen LogP contribution in [-0.2, 0) is 17.1 Å². The highest BCUT2D eigenvalue weighted by atomic mass is 32.2. The van der Waals surface area contributed by atoms with Gasteiger partial charge >= 0.3 is 0 Å². The fraction of sp³-hybridized carbons (Fsp3) is 0.278. The average molecular weight is 314 g/mol. The lowest BCUT2D eigenvalue weighted by molar-refractivity contribution is -0.125. The second-order valence-electron chi connectivity index (χ2n) is 5.42. The Balaban J connectivity index is 1.77. The van der Waals surface area contributed by atoms with Crippen LogP contribution in [-0.4, -0.2) is 5.91 Å². The molecule has 1 amide bonds. The minimum Gasteiger partial charge on any atom is -0.291 e. The van der Waals surface area contributed by atoms with E-state index in [1.54, 1.807) is 0 Å². The molecule has 0 unspecified atom stereocenters. The molecule has 0 aliphatic rings. The van der Waals surface area contributed by atoms with Crippen LogP contribution in [0.3, 0.4) is 0 Å². The molecule has 2 rings (SSSR count). The van der Waals surface area contributed by atoms with Gasteiger partial charge < -0.3 is 0 Å². The van der Waals surface area contributed by atoms with Gasteiger partial charge in [0.15, 0.2) is 0 Å². The quantitative estimate of drug-likeness (QED) is 0.604. The number of nitrogens with one attached hydrogen (secondary N) is 2. The highest BCUT2D eigenvalue weighted by Gasteiger charge is 2.04. The second-order valence-corrected chi connectivity index (χ2v) is 6.46. The normalized spacial score (nSPS) is 10.7. The van der Waals surface area contributed by atoms with Crippen LogP contribution in [0.4, 0.5) is 0 Å². The van der Waals surface area contributed by atoms with Gasteiger partial charge in [-0.2, -0.15) is 0 Å². The van der Waals surface area contributed by atoms with Crippen LogP contribution in [0.1, 0.15) is 25.0 Å². The Labute approximate surface area is 136 Å². The van der Waals surface area contributed by atoms with Crippen LogP contribution in [0, 0.1) is 5.92 Å². The Morgan fingerprint density at radius 1 is 1.00 bits per heavy atom. The summed E-state index contributed by atoms with van der Waals surface area (Å²) in [6, 6.07) is 18.9. The fourth-order valence-electron chi connectivity index (χ4n) is 1.82. The highest BCUT2D eigenvalue weighted by Crippen LogP contribution is 2.22. The van der Waals surface area contributed by atoms with Crippen molar-refractivity contribution in [2.45, 2.75) is 31.0 Å². The maximum atomic E-state index is 11.4. The van der Waals surface area contributed by atoms with Crippen LogP contribution in [0.15, 0.2) is 59.5 Å². The third kappa shape index (κ3) is 5.54. The van der Waals surface area contributed by atoms with Crippen LogP contribution in [0.25, 0.3) is 0 Å². The van der Waals surface area contributed by atoms with E-state index in [0.29, 0.717) is 6.54 Å². The molecule has 0 saturated heterocycles. The summed E-state index contributed by atoms with van der Waals surface area (Å²) < 4.78 is 0. The van der Waals surface area contributed by atoms with Crippen molar-refractivity contribution < 1.29 is 4.79 Å². The van der Waals surface area contributed by atoms with Crippen LogP contribution < -0.4 is 10.9 Å². The zero-order valence-corrected chi connectivity index (χ0v) is 13.8. The van der Waals surface area contributed by atoms with E-state index in [-0.39, 0.29) is 11.8 Å². The molecule has 0 aliphatic carbocycles. The predicted molar refractivity (Wildman–Crippen MR) is 92.3 cm³/mol. The lowest BCUT2D eigenvalue weighted by Gasteiger charge is -2.09. The van der Waals surface area contributed by atoms with E-state index < -0.39 is 0 Å². The summed E-state index contributed by atoms with van der Waals surface area (Å²) in [5, 5.41) is 0. The first-order chi connectivity index (χ1) is 10.6. The molecule has 4 heteroatoms.